The van der Waals surface area contributed by atoms with E-state index in [0.717, 1.165) is 21.8 Å². The van der Waals surface area contributed by atoms with Crippen molar-refractivity contribution in [2.75, 3.05) is 0 Å². The number of nitrogens with zero attached hydrogens (tertiary/aromatic N) is 1. The van der Waals surface area contributed by atoms with Gasteiger partial charge in [0.1, 0.15) is 0 Å². The van der Waals surface area contributed by atoms with E-state index in [9.17, 15) is 10.0 Å². The van der Waals surface area contributed by atoms with Crippen LogP contribution in [-0.4, -0.2) is 26.7 Å². The van der Waals surface area contributed by atoms with E-state index in [1.807, 2.05) is 48.5 Å². The SMILES string of the molecule is O=C(/C(=N/O)c1c[nH]c2ccccc12)c1c[nH]c2ccccc12. The zero-order valence-electron chi connectivity index (χ0n) is 12.1. The molecule has 112 valence electrons. The lowest BCUT2D eigenvalue weighted by atomic mass is 10.00. The number of fused-ring (bicyclic) bond motifs is 2. The van der Waals surface area contributed by atoms with Gasteiger partial charge in [0, 0.05) is 45.3 Å². The number of hydrogen-bond donors (Lipinski definition) is 3. The fourth-order valence-electron chi connectivity index (χ4n) is 2.88. The molecule has 0 unspecified atom stereocenters. The third kappa shape index (κ3) is 2.02. The first kappa shape index (κ1) is 13.3. The molecule has 0 bridgehead atoms. The van der Waals surface area contributed by atoms with Gasteiger partial charge in [0.2, 0.25) is 5.78 Å². The van der Waals surface area contributed by atoms with Crippen LogP contribution in [0.5, 0.6) is 0 Å². The van der Waals surface area contributed by atoms with Gasteiger partial charge >= 0.3 is 0 Å². The Labute approximate surface area is 131 Å². The molecule has 0 spiro atoms. The maximum Gasteiger partial charge on any atom is 0.217 e. The number of aromatic amines is 2. The van der Waals surface area contributed by atoms with E-state index in [-0.39, 0.29) is 11.5 Å². The lowest BCUT2D eigenvalue weighted by Gasteiger charge is -2.02. The average molecular weight is 303 g/mol. The second kappa shape index (κ2) is 5.14. The van der Waals surface area contributed by atoms with Crippen LogP contribution in [-0.2, 0) is 0 Å². The molecule has 0 atom stereocenters. The van der Waals surface area contributed by atoms with Gasteiger partial charge in [-0.05, 0) is 12.1 Å². The van der Waals surface area contributed by atoms with Crippen LogP contribution in [0.25, 0.3) is 21.8 Å². The summed E-state index contributed by atoms with van der Waals surface area (Å²) in [7, 11) is 0. The second-order valence-corrected chi connectivity index (χ2v) is 5.27. The molecule has 3 N–H and O–H groups in total. The van der Waals surface area contributed by atoms with Gasteiger partial charge in [0.25, 0.3) is 0 Å². The smallest absolute Gasteiger partial charge is 0.217 e. The molecule has 0 fully saturated rings. The summed E-state index contributed by atoms with van der Waals surface area (Å²) in [6.07, 6.45) is 3.33. The predicted molar refractivity (Wildman–Crippen MR) is 89.3 cm³/mol. The molecule has 4 aromatic rings. The van der Waals surface area contributed by atoms with Crippen molar-refractivity contribution in [3.8, 4) is 0 Å². The van der Waals surface area contributed by atoms with Crippen molar-refractivity contribution >= 4 is 33.3 Å². The first-order chi connectivity index (χ1) is 11.3. The molecule has 23 heavy (non-hydrogen) atoms. The second-order valence-electron chi connectivity index (χ2n) is 5.27. The Hall–Kier alpha value is -3.34. The van der Waals surface area contributed by atoms with E-state index >= 15 is 0 Å². The van der Waals surface area contributed by atoms with Crippen molar-refractivity contribution in [2.24, 2.45) is 5.16 Å². The number of para-hydroxylation sites is 2. The number of nitrogens with one attached hydrogen (secondary N) is 2. The highest BCUT2D eigenvalue weighted by atomic mass is 16.4. The van der Waals surface area contributed by atoms with Crippen LogP contribution in [0.4, 0.5) is 0 Å². The summed E-state index contributed by atoms with van der Waals surface area (Å²) in [5.41, 5.74) is 2.84. The highest BCUT2D eigenvalue weighted by Crippen LogP contribution is 2.23. The number of oxime groups is 1. The standard InChI is InChI=1S/C18H13N3O2/c22-18(14-10-20-16-8-4-2-6-12(14)16)17(21-23)13-9-19-15-7-3-1-5-11(13)15/h1-10,19-20,23H/b21-17+. The topological polar surface area (TPSA) is 81.2 Å². The molecule has 0 aliphatic rings. The van der Waals surface area contributed by atoms with Gasteiger partial charge in [-0.2, -0.15) is 0 Å². The van der Waals surface area contributed by atoms with Crippen molar-refractivity contribution in [1.82, 2.24) is 9.97 Å². The Kier molecular flexibility index (Phi) is 2.98. The van der Waals surface area contributed by atoms with Gasteiger partial charge in [-0.1, -0.05) is 41.6 Å². The normalized spacial score (nSPS) is 12.1. The first-order valence-corrected chi connectivity index (χ1v) is 7.19. The Morgan fingerprint density at radius 3 is 1.96 bits per heavy atom. The largest absolute Gasteiger partial charge is 0.410 e. The average Bonchev–Trinajstić information content (AvgIpc) is 3.20. The lowest BCUT2D eigenvalue weighted by molar-refractivity contribution is 0.106. The molecule has 2 aromatic heterocycles. The third-order valence-electron chi connectivity index (χ3n) is 3.99. The summed E-state index contributed by atoms with van der Waals surface area (Å²) >= 11 is 0. The number of hydrogen-bond acceptors (Lipinski definition) is 3. The summed E-state index contributed by atoms with van der Waals surface area (Å²) in [4.78, 5) is 19.0. The molecule has 0 radical (unpaired) electrons. The summed E-state index contributed by atoms with van der Waals surface area (Å²) in [6.45, 7) is 0. The molecule has 5 nitrogen and oxygen atoms in total. The third-order valence-corrected chi connectivity index (χ3v) is 3.99. The van der Waals surface area contributed by atoms with Crippen molar-refractivity contribution < 1.29 is 10.0 Å². The Morgan fingerprint density at radius 1 is 0.826 bits per heavy atom. The zero-order chi connectivity index (χ0) is 15.8. The summed E-state index contributed by atoms with van der Waals surface area (Å²) < 4.78 is 0. The van der Waals surface area contributed by atoms with Crippen LogP contribution in [0.2, 0.25) is 0 Å². The van der Waals surface area contributed by atoms with Crippen LogP contribution < -0.4 is 0 Å². The molecule has 2 heterocycles. The number of Topliss-reactive ketones (excluding diaryl/α,β-unsaturated/α-hetero) is 1. The van der Waals surface area contributed by atoms with Crippen LogP contribution in [0, 0.1) is 0 Å². The summed E-state index contributed by atoms with van der Waals surface area (Å²) in [5, 5.41) is 14.4. The quantitative estimate of drug-likeness (QED) is 0.233. The number of benzene rings is 2. The van der Waals surface area contributed by atoms with E-state index in [0.29, 0.717) is 11.1 Å². The van der Waals surface area contributed by atoms with E-state index in [1.165, 1.54) is 0 Å². The van der Waals surface area contributed by atoms with Gasteiger partial charge in [-0.15, -0.1) is 0 Å². The molecule has 0 aliphatic carbocycles. The van der Waals surface area contributed by atoms with Gasteiger partial charge in [-0.25, -0.2) is 0 Å². The van der Waals surface area contributed by atoms with E-state index in [4.69, 9.17) is 0 Å². The zero-order valence-corrected chi connectivity index (χ0v) is 12.1. The molecule has 0 aliphatic heterocycles. The minimum atomic E-state index is -0.324. The van der Waals surface area contributed by atoms with Gasteiger partial charge < -0.3 is 15.2 Å². The molecule has 0 saturated carbocycles. The maximum absolute atomic E-state index is 12.9. The Morgan fingerprint density at radius 2 is 1.35 bits per heavy atom. The summed E-state index contributed by atoms with van der Waals surface area (Å²) in [6, 6.07) is 15.1. The van der Waals surface area contributed by atoms with Gasteiger partial charge in [0.15, 0.2) is 5.71 Å². The number of carbonyl (C=O) groups is 1. The number of rotatable bonds is 3. The molecular weight excluding hydrogens is 290 g/mol. The fraction of sp³-hybridized carbons (Fsp3) is 0. The van der Waals surface area contributed by atoms with Crippen molar-refractivity contribution in [3.05, 3.63) is 72.1 Å². The molecule has 4 rings (SSSR count). The highest BCUT2D eigenvalue weighted by Gasteiger charge is 2.22. The van der Waals surface area contributed by atoms with Crippen molar-refractivity contribution in [2.45, 2.75) is 0 Å². The molecule has 2 aromatic carbocycles. The van der Waals surface area contributed by atoms with Crippen molar-refractivity contribution in [1.29, 1.82) is 0 Å². The summed E-state index contributed by atoms with van der Waals surface area (Å²) in [5.74, 6) is -0.324. The van der Waals surface area contributed by atoms with E-state index in [1.54, 1.807) is 12.4 Å². The molecular formula is C18H13N3O2. The Bertz CT molecular complexity index is 1060. The first-order valence-electron chi connectivity index (χ1n) is 7.19. The van der Waals surface area contributed by atoms with Crippen molar-refractivity contribution in [3.63, 3.8) is 0 Å². The number of ketones is 1. The van der Waals surface area contributed by atoms with Crippen LogP contribution in [0.3, 0.4) is 0 Å². The fourth-order valence-corrected chi connectivity index (χ4v) is 2.88. The minimum Gasteiger partial charge on any atom is -0.410 e. The van der Waals surface area contributed by atoms with E-state index in [2.05, 4.69) is 15.1 Å². The minimum absolute atomic E-state index is 0.0206. The van der Waals surface area contributed by atoms with Crippen LogP contribution >= 0.6 is 0 Å². The molecule has 0 amide bonds. The van der Waals surface area contributed by atoms with Crippen LogP contribution in [0.1, 0.15) is 15.9 Å². The van der Waals surface area contributed by atoms with Gasteiger partial charge in [0.05, 0.1) is 0 Å². The number of aromatic nitrogens is 2. The van der Waals surface area contributed by atoms with Crippen LogP contribution in [0.15, 0.2) is 66.1 Å². The Balaban J connectivity index is 1.86. The monoisotopic (exact) mass is 303 g/mol. The van der Waals surface area contributed by atoms with Gasteiger partial charge in [-0.3, -0.25) is 4.79 Å². The highest BCUT2D eigenvalue weighted by molar-refractivity contribution is 6.54. The maximum atomic E-state index is 12.9. The number of carbonyl (C=O) groups excluding carboxylic acids is 1. The van der Waals surface area contributed by atoms with E-state index < -0.39 is 0 Å². The number of H-pyrrole nitrogens is 2. The molecule has 5 heteroatoms. The predicted octanol–water partition coefficient (Wildman–Crippen LogP) is 3.71. The molecule has 0 saturated heterocycles. The lowest BCUT2D eigenvalue weighted by Crippen LogP contribution is -2.15.